The summed E-state index contributed by atoms with van der Waals surface area (Å²) >= 11 is 0. The van der Waals surface area contributed by atoms with Crippen molar-refractivity contribution in [3.63, 3.8) is 0 Å². The van der Waals surface area contributed by atoms with Gasteiger partial charge >= 0.3 is 0 Å². The quantitative estimate of drug-likeness (QED) is 0.0954. The van der Waals surface area contributed by atoms with Gasteiger partial charge in [-0.25, -0.2) is 8.42 Å². The number of imide groups is 1. The predicted octanol–water partition coefficient (Wildman–Crippen LogP) is 5.83. The van der Waals surface area contributed by atoms with Gasteiger partial charge in [0, 0.05) is 106 Å². The Morgan fingerprint density at radius 2 is 1.46 bits per heavy atom. The Kier molecular flexibility index (Phi) is 13.5. The summed E-state index contributed by atoms with van der Waals surface area (Å²) in [4.78, 5) is 60.9. The molecule has 0 bridgehead atoms. The van der Waals surface area contributed by atoms with Crippen molar-refractivity contribution in [3.8, 4) is 28.4 Å². The van der Waals surface area contributed by atoms with Gasteiger partial charge in [-0.05, 0) is 128 Å². The van der Waals surface area contributed by atoms with E-state index in [1.807, 2.05) is 53.4 Å². The van der Waals surface area contributed by atoms with Gasteiger partial charge in [-0.2, -0.15) is 0 Å². The summed E-state index contributed by atoms with van der Waals surface area (Å²) in [6.07, 6.45) is 4.73. The van der Waals surface area contributed by atoms with Crippen LogP contribution in [0.15, 0.2) is 102 Å². The largest absolute Gasteiger partial charge is 0.508 e. The Morgan fingerprint density at radius 3 is 2.19 bits per heavy atom. The highest BCUT2D eigenvalue weighted by Gasteiger charge is 2.39. The number of hydrogen-bond donors (Lipinski definition) is 2. The zero-order valence-electron chi connectivity index (χ0n) is 37.7. The molecule has 4 aliphatic rings. The lowest BCUT2D eigenvalue weighted by molar-refractivity contribution is -0.137. The SMILES string of the molecule is CS(=O)(=O)c1ccc(-c2ccc3cc(O)ccc3c2Oc2ccc(N3CCN(CCCCCOCC(=O)N4CCN(c5ccc6c(c5)CN(C5CCC(=O)NC5=O)C6=O)CC4)CC3)cc2)cc1. The van der Waals surface area contributed by atoms with Crippen molar-refractivity contribution in [2.45, 2.75) is 49.6 Å². The second-order valence-corrected chi connectivity index (χ2v) is 19.8. The third-order valence-electron chi connectivity index (χ3n) is 13.3. The molecule has 0 spiro atoms. The van der Waals surface area contributed by atoms with Crippen molar-refractivity contribution >= 4 is 55.6 Å². The van der Waals surface area contributed by atoms with Crippen molar-refractivity contribution < 1.29 is 42.2 Å². The number of anilines is 2. The number of unbranched alkanes of at least 4 members (excludes halogenated alkanes) is 2. The zero-order valence-corrected chi connectivity index (χ0v) is 38.5. The number of sulfone groups is 1. The summed E-state index contributed by atoms with van der Waals surface area (Å²) in [5.74, 6) is 0.537. The van der Waals surface area contributed by atoms with E-state index in [-0.39, 0.29) is 41.4 Å². The highest BCUT2D eigenvalue weighted by atomic mass is 32.2. The Balaban J connectivity index is 0.669. The van der Waals surface area contributed by atoms with E-state index in [4.69, 9.17) is 9.47 Å². The van der Waals surface area contributed by atoms with Gasteiger partial charge in [0.2, 0.25) is 17.7 Å². The lowest BCUT2D eigenvalue weighted by atomic mass is 9.99. The number of fused-ring (bicyclic) bond motifs is 2. The van der Waals surface area contributed by atoms with Crippen LogP contribution in [0.2, 0.25) is 0 Å². The van der Waals surface area contributed by atoms with Gasteiger partial charge in [-0.1, -0.05) is 18.2 Å². The van der Waals surface area contributed by atoms with Crippen LogP contribution in [-0.2, 0) is 35.5 Å². The smallest absolute Gasteiger partial charge is 0.255 e. The van der Waals surface area contributed by atoms with Gasteiger partial charge < -0.3 is 34.2 Å². The van der Waals surface area contributed by atoms with Crippen LogP contribution in [-0.4, -0.2) is 136 Å². The summed E-state index contributed by atoms with van der Waals surface area (Å²) in [6, 6.07) is 29.0. The number of benzene rings is 5. The molecule has 0 aliphatic carbocycles. The molecule has 16 heteroatoms. The van der Waals surface area contributed by atoms with E-state index < -0.39 is 21.8 Å². The summed E-state index contributed by atoms with van der Waals surface area (Å²) in [6.45, 7) is 8.25. The molecular formula is C51H56N6O9S. The Labute approximate surface area is 390 Å². The molecule has 67 heavy (non-hydrogen) atoms. The van der Waals surface area contributed by atoms with E-state index in [0.717, 1.165) is 90.8 Å². The maximum absolute atomic E-state index is 13.1. The van der Waals surface area contributed by atoms with Crippen LogP contribution < -0.4 is 19.9 Å². The minimum absolute atomic E-state index is 0.00361. The van der Waals surface area contributed by atoms with Gasteiger partial charge in [0.25, 0.3) is 5.91 Å². The maximum atomic E-state index is 13.1. The first-order valence-electron chi connectivity index (χ1n) is 23.1. The molecule has 9 rings (SSSR count). The van der Waals surface area contributed by atoms with Crippen molar-refractivity contribution in [2.75, 3.05) is 88.2 Å². The molecule has 1 atom stereocenters. The molecule has 4 aliphatic heterocycles. The fourth-order valence-electron chi connectivity index (χ4n) is 9.52. The summed E-state index contributed by atoms with van der Waals surface area (Å²) in [5.41, 5.74) is 5.19. The third-order valence-corrected chi connectivity index (χ3v) is 14.5. The van der Waals surface area contributed by atoms with Gasteiger partial charge in [-0.15, -0.1) is 0 Å². The monoisotopic (exact) mass is 928 g/mol. The van der Waals surface area contributed by atoms with Crippen LogP contribution >= 0.6 is 0 Å². The normalized spacial score (nSPS) is 18.1. The van der Waals surface area contributed by atoms with E-state index in [1.54, 1.807) is 41.3 Å². The van der Waals surface area contributed by atoms with Crippen molar-refractivity contribution in [2.24, 2.45) is 0 Å². The first-order chi connectivity index (χ1) is 32.4. The van der Waals surface area contributed by atoms with Crippen LogP contribution in [0.4, 0.5) is 11.4 Å². The molecule has 5 aromatic rings. The molecule has 5 aromatic carbocycles. The van der Waals surface area contributed by atoms with E-state index in [0.29, 0.717) is 62.8 Å². The molecule has 4 amide bonds. The first-order valence-corrected chi connectivity index (χ1v) is 25.0. The minimum Gasteiger partial charge on any atom is -0.508 e. The first kappa shape index (κ1) is 45.7. The number of nitrogens with zero attached hydrogens (tertiary/aromatic N) is 5. The number of rotatable bonds is 15. The number of phenols is 1. The van der Waals surface area contributed by atoms with Gasteiger partial charge in [0.05, 0.1) is 4.90 Å². The molecule has 0 saturated carbocycles. The second kappa shape index (κ2) is 19.8. The summed E-state index contributed by atoms with van der Waals surface area (Å²) in [5, 5.41) is 14.1. The van der Waals surface area contributed by atoms with Crippen molar-refractivity contribution in [3.05, 3.63) is 108 Å². The lowest BCUT2D eigenvalue weighted by Gasteiger charge is -2.36. The number of carbonyl (C=O) groups is 4. The Bertz CT molecular complexity index is 2770. The topological polar surface area (TPSA) is 169 Å². The molecular weight excluding hydrogens is 873 g/mol. The molecule has 0 aromatic heterocycles. The van der Waals surface area contributed by atoms with E-state index >= 15 is 0 Å². The second-order valence-electron chi connectivity index (χ2n) is 17.8. The maximum Gasteiger partial charge on any atom is 0.255 e. The fourth-order valence-corrected chi connectivity index (χ4v) is 10.1. The standard InChI is InChI=1S/C51H56N6O9S/c1-67(63,64)42-14-5-35(6-15-42)43-16-7-36-32-40(58)11-18-44(36)49(43)66-41-12-8-38(9-13-41)54-24-22-53(23-25-54)21-3-2-4-30-65-34-48(60)56-28-26-55(27-29-56)39-10-17-45-37(31-39)33-57(51(45)62)46-19-20-47(59)52-50(46)61/h5-18,31-32,46,58H,2-4,19-30,33-34H2,1H3,(H,52,59,61). The molecule has 3 saturated heterocycles. The number of amides is 4. The summed E-state index contributed by atoms with van der Waals surface area (Å²) in [7, 11) is -3.34. The number of nitrogens with one attached hydrogen (secondary N) is 1. The van der Waals surface area contributed by atoms with Gasteiger partial charge in [-0.3, -0.25) is 29.4 Å². The number of phenolic OH excluding ortho intramolecular Hbond substituents is 1. The zero-order chi connectivity index (χ0) is 46.7. The highest BCUT2D eigenvalue weighted by Crippen LogP contribution is 2.41. The number of piperidine rings is 1. The number of piperazine rings is 2. The molecule has 15 nitrogen and oxygen atoms in total. The third kappa shape index (κ3) is 10.4. The number of carbonyl (C=O) groups excluding carboxylic acids is 4. The van der Waals surface area contributed by atoms with E-state index in [2.05, 4.69) is 32.1 Å². The van der Waals surface area contributed by atoms with Crippen LogP contribution in [0.1, 0.15) is 48.0 Å². The molecule has 0 radical (unpaired) electrons. The van der Waals surface area contributed by atoms with Crippen molar-refractivity contribution in [1.82, 2.24) is 20.0 Å². The van der Waals surface area contributed by atoms with Crippen LogP contribution in [0.5, 0.6) is 17.2 Å². The molecule has 1 unspecified atom stereocenters. The lowest BCUT2D eigenvalue weighted by Crippen LogP contribution is -2.52. The number of hydrogen-bond acceptors (Lipinski definition) is 12. The average Bonchev–Trinajstić information content (AvgIpc) is 3.66. The van der Waals surface area contributed by atoms with Crippen LogP contribution in [0, 0.1) is 0 Å². The average molecular weight is 929 g/mol. The van der Waals surface area contributed by atoms with E-state index in [1.165, 1.54) is 6.26 Å². The summed E-state index contributed by atoms with van der Waals surface area (Å²) < 4.78 is 36.6. The molecule has 3 fully saturated rings. The number of ether oxygens (including phenoxy) is 2. The van der Waals surface area contributed by atoms with Crippen molar-refractivity contribution in [1.29, 1.82) is 0 Å². The Morgan fingerprint density at radius 1 is 0.761 bits per heavy atom. The van der Waals surface area contributed by atoms with E-state index in [9.17, 15) is 32.7 Å². The molecule has 2 N–H and O–H groups in total. The number of aromatic hydroxyl groups is 1. The Hall–Kier alpha value is -6.49. The van der Waals surface area contributed by atoms with Gasteiger partial charge in [0.1, 0.15) is 29.9 Å². The predicted molar refractivity (Wildman–Crippen MR) is 255 cm³/mol. The molecule has 350 valence electrons. The van der Waals surface area contributed by atoms with Crippen LogP contribution in [0.25, 0.3) is 21.9 Å². The fraction of sp³-hybridized carbons (Fsp3) is 0.373. The van der Waals surface area contributed by atoms with Crippen LogP contribution in [0.3, 0.4) is 0 Å². The highest BCUT2D eigenvalue weighted by molar-refractivity contribution is 7.90. The minimum atomic E-state index is -3.34. The molecule has 4 heterocycles. The van der Waals surface area contributed by atoms with Gasteiger partial charge in [0.15, 0.2) is 9.84 Å².